The maximum absolute atomic E-state index is 12.4. The number of halogens is 1. The highest BCUT2D eigenvalue weighted by atomic mass is 35.5. The van der Waals surface area contributed by atoms with Gasteiger partial charge in [0.2, 0.25) is 10.0 Å². The molecule has 7 nitrogen and oxygen atoms in total. The Morgan fingerprint density at radius 3 is 2.71 bits per heavy atom. The van der Waals surface area contributed by atoms with Crippen LogP contribution in [0.5, 0.6) is 5.75 Å². The van der Waals surface area contributed by atoms with Crippen molar-refractivity contribution in [3.8, 4) is 5.75 Å². The number of fused-ring (bicyclic) bond motifs is 3. The second-order valence-electron chi connectivity index (χ2n) is 7.64. The van der Waals surface area contributed by atoms with Gasteiger partial charge in [0.25, 0.3) is 5.91 Å². The van der Waals surface area contributed by atoms with E-state index in [0.717, 1.165) is 46.7 Å². The lowest BCUT2D eigenvalue weighted by Gasteiger charge is -2.14. The van der Waals surface area contributed by atoms with Gasteiger partial charge in [0, 0.05) is 37.2 Å². The van der Waals surface area contributed by atoms with E-state index in [1.54, 1.807) is 12.1 Å². The van der Waals surface area contributed by atoms with Crippen LogP contribution in [-0.2, 0) is 27.7 Å². The summed E-state index contributed by atoms with van der Waals surface area (Å²) in [5.41, 5.74) is 2.38. The van der Waals surface area contributed by atoms with E-state index >= 15 is 0 Å². The third-order valence-electron chi connectivity index (χ3n) is 5.27. The van der Waals surface area contributed by atoms with Crippen molar-refractivity contribution < 1.29 is 22.4 Å². The van der Waals surface area contributed by atoms with Gasteiger partial charge in [0.1, 0.15) is 22.0 Å². The molecule has 0 radical (unpaired) electrons. The van der Waals surface area contributed by atoms with E-state index in [1.165, 1.54) is 31.8 Å². The van der Waals surface area contributed by atoms with Gasteiger partial charge in [-0.3, -0.25) is 4.79 Å². The summed E-state index contributed by atoms with van der Waals surface area (Å²) in [5, 5.41) is 3.76. The van der Waals surface area contributed by atoms with E-state index in [4.69, 9.17) is 20.8 Å². The SMILES string of the molecule is CN(C)S(=O)(=O)c1cc(NC(=O)COc2ccc3oc4c(c3c2)CCCC4)ccc1Cl. The minimum Gasteiger partial charge on any atom is -0.484 e. The van der Waals surface area contributed by atoms with Crippen molar-refractivity contribution in [3.63, 3.8) is 0 Å². The summed E-state index contributed by atoms with van der Waals surface area (Å²) in [6, 6.07) is 9.84. The van der Waals surface area contributed by atoms with Crippen molar-refractivity contribution in [1.82, 2.24) is 4.31 Å². The molecule has 0 fully saturated rings. The number of nitrogens with zero attached hydrogens (tertiary/aromatic N) is 1. The van der Waals surface area contributed by atoms with E-state index in [9.17, 15) is 13.2 Å². The standard InChI is InChI=1S/C22H23ClN2O5S/c1-25(2)31(27,28)21-11-14(7-9-18(21)23)24-22(26)13-29-15-8-10-20-17(12-15)16-5-3-4-6-19(16)30-20/h7-12H,3-6,13H2,1-2H3,(H,24,26). The predicted octanol–water partition coefficient (Wildman–Crippen LogP) is 4.23. The summed E-state index contributed by atoms with van der Waals surface area (Å²) >= 11 is 6.04. The van der Waals surface area contributed by atoms with Crippen LogP contribution in [0.2, 0.25) is 5.02 Å². The zero-order valence-electron chi connectivity index (χ0n) is 17.3. The molecule has 0 unspecified atom stereocenters. The molecule has 0 saturated carbocycles. The maximum atomic E-state index is 12.4. The normalized spacial score (nSPS) is 13.9. The molecule has 1 aromatic heterocycles. The molecular weight excluding hydrogens is 440 g/mol. The Hall–Kier alpha value is -2.55. The number of rotatable bonds is 6. The first-order valence-electron chi connectivity index (χ1n) is 9.95. The van der Waals surface area contributed by atoms with E-state index < -0.39 is 15.9 Å². The maximum Gasteiger partial charge on any atom is 0.262 e. The monoisotopic (exact) mass is 462 g/mol. The molecular formula is C22H23ClN2O5S. The van der Waals surface area contributed by atoms with Crippen molar-refractivity contribution in [2.75, 3.05) is 26.0 Å². The van der Waals surface area contributed by atoms with Gasteiger partial charge in [-0.1, -0.05) is 11.6 Å². The fourth-order valence-corrected chi connectivity index (χ4v) is 5.05. The van der Waals surface area contributed by atoms with Crippen LogP contribution in [0.4, 0.5) is 5.69 Å². The summed E-state index contributed by atoms with van der Waals surface area (Å²) in [5.74, 6) is 1.20. The number of benzene rings is 2. The second-order valence-corrected chi connectivity index (χ2v) is 10.2. The van der Waals surface area contributed by atoms with Crippen LogP contribution in [0.1, 0.15) is 24.2 Å². The molecule has 1 heterocycles. The molecule has 0 bridgehead atoms. The minimum absolute atomic E-state index is 0.0759. The molecule has 1 N–H and O–H groups in total. The molecule has 0 aliphatic heterocycles. The summed E-state index contributed by atoms with van der Waals surface area (Å²) in [4.78, 5) is 12.3. The highest BCUT2D eigenvalue weighted by molar-refractivity contribution is 7.89. The highest BCUT2D eigenvalue weighted by Crippen LogP contribution is 2.34. The topological polar surface area (TPSA) is 88.9 Å². The van der Waals surface area contributed by atoms with Gasteiger partial charge in [-0.05, 0) is 55.7 Å². The molecule has 0 saturated heterocycles. The molecule has 1 amide bonds. The molecule has 0 spiro atoms. The van der Waals surface area contributed by atoms with Crippen LogP contribution in [0.25, 0.3) is 11.0 Å². The molecule has 3 aromatic rings. The van der Waals surface area contributed by atoms with Gasteiger partial charge in [-0.15, -0.1) is 0 Å². The number of amides is 1. The first-order chi connectivity index (χ1) is 14.8. The van der Waals surface area contributed by atoms with Crippen molar-refractivity contribution in [3.05, 3.63) is 52.7 Å². The smallest absolute Gasteiger partial charge is 0.262 e. The number of nitrogens with one attached hydrogen (secondary N) is 1. The second kappa shape index (κ2) is 8.53. The molecule has 2 aromatic carbocycles. The Morgan fingerprint density at radius 2 is 1.94 bits per heavy atom. The average Bonchev–Trinajstić information content (AvgIpc) is 3.11. The predicted molar refractivity (Wildman–Crippen MR) is 119 cm³/mol. The van der Waals surface area contributed by atoms with Crippen molar-refractivity contribution in [2.45, 2.75) is 30.6 Å². The number of sulfonamides is 1. The molecule has 1 aliphatic rings. The van der Waals surface area contributed by atoms with E-state index in [1.807, 2.05) is 12.1 Å². The fraction of sp³-hybridized carbons (Fsp3) is 0.318. The minimum atomic E-state index is -3.73. The Balaban J connectivity index is 1.45. The van der Waals surface area contributed by atoms with Gasteiger partial charge in [-0.25, -0.2) is 12.7 Å². The van der Waals surface area contributed by atoms with Crippen LogP contribution in [0.3, 0.4) is 0 Å². The Kier molecular flexibility index (Phi) is 5.96. The number of hydrogen-bond acceptors (Lipinski definition) is 5. The summed E-state index contributed by atoms with van der Waals surface area (Å²) in [6.45, 7) is -0.218. The van der Waals surface area contributed by atoms with E-state index in [-0.39, 0.29) is 16.5 Å². The van der Waals surface area contributed by atoms with Gasteiger partial charge < -0.3 is 14.5 Å². The quantitative estimate of drug-likeness (QED) is 0.592. The number of anilines is 1. The molecule has 0 atom stereocenters. The van der Waals surface area contributed by atoms with Crippen molar-refractivity contribution >= 4 is 44.2 Å². The van der Waals surface area contributed by atoms with Crippen LogP contribution in [0, 0.1) is 0 Å². The largest absolute Gasteiger partial charge is 0.484 e. The fourth-order valence-electron chi connectivity index (χ4n) is 3.65. The van der Waals surface area contributed by atoms with E-state index in [2.05, 4.69) is 5.32 Å². The lowest BCUT2D eigenvalue weighted by atomic mass is 9.96. The Morgan fingerprint density at radius 1 is 1.16 bits per heavy atom. The van der Waals surface area contributed by atoms with Crippen LogP contribution in [0.15, 0.2) is 45.7 Å². The van der Waals surface area contributed by atoms with Gasteiger partial charge in [-0.2, -0.15) is 0 Å². The molecule has 9 heteroatoms. The van der Waals surface area contributed by atoms with Crippen LogP contribution >= 0.6 is 11.6 Å². The number of hydrogen-bond donors (Lipinski definition) is 1. The number of furan rings is 1. The lowest BCUT2D eigenvalue weighted by Crippen LogP contribution is -2.23. The molecule has 4 rings (SSSR count). The summed E-state index contributed by atoms with van der Waals surface area (Å²) in [7, 11) is -0.903. The summed E-state index contributed by atoms with van der Waals surface area (Å²) < 4.78 is 37.4. The number of ether oxygens (including phenoxy) is 1. The van der Waals surface area contributed by atoms with Crippen LogP contribution in [-0.4, -0.2) is 39.3 Å². The number of carbonyl (C=O) groups excluding carboxylic acids is 1. The molecule has 1 aliphatic carbocycles. The first kappa shape index (κ1) is 21.7. The van der Waals surface area contributed by atoms with Crippen LogP contribution < -0.4 is 10.1 Å². The highest BCUT2D eigenvalue weighted by Gasteiger charge is 2.22. The average molecular weight is 463 g/mol. The first-order valence-corrected chi connectivity index (χ1v) is 11.8. The molecule has 31 heavy (non-hydrogen) atoms. The van der Waals surface area contributed by atoms with Gasteiger partial charge in [0.15, 0.2) is 6.61 Å². The third-order valence-corrected chi connectivity index (χ3v) is 7.57. The van der Waals surface area contributed by atoms with Crippen molar-refractivity contribution in [2.24, 2.45) is 0 Å². The van der Waals surface area contributed by atoms with Crippen molar-refractivity contribution in [1.29, 1.82) is 0 Å². The molecule has 164 valence electrons. The van der Waals surface area contributed by atoms with E-state index in [0.29, 0.717) is 11.4 Å². The summed E-state index contributed by atoms with van der Waals surface area (Å²) in [6.07, 6.45) is 4.22. The van der Waals surface area contributed by atoms with Gasteiger partial charge >= 0.3 is 0 Å². The zero-order chi connectivity index (χ0) is 22.2. The third kappa shape index (κ3) is 4.42. The lowest BCUT2D eigenvalue weighted by molar-refractivity contribution is -0.118. The Labute approximate surface area is 186 Å². The number of carbonyl (C=O) groups is 1. The Bertz CT molecular complexity index is 1250. The number of aryl methyl sites for hydroxylation is 2. The van der Waals surface area contributed by atoms with Gasteiger partial charge in [0.05, 0.1) is 5.02 Å². The zero-order valence-corrected chi connectivity index (χ0v) is 18.8.